The molecule has 0 spiro atoms. The van der Waals surface area contributed by atoms with E-state index in [-0.39, 0.29) is 35.5 Å². The van der Waals surface area contributed by atoms with Crippen LogP contribution in [0.1, 0.15) is 12.0 Å². The molecule has 36 heavy (non-hydrogen) atoms. The Hall–Kier alpha value is -2.69. The van der Waals surface area contributed by atoms with Crippen LogP contribution in [-0.4, -0.2) is 60.2 Å². The zero-order valence-electron chi connectivity index (χ0n) is 19.3. The summed E-state index contributed by atoms with van der Waals surface area (Å²) in [7, 11) is 0. The van der Waals surface area contributed by atoms with Gasteiger partial charge in [-0.1, -0.05) is 17.7 Å². The van der Waals surface area contributed by atoms with Crippen LogP contribution >= 0.6 is 36.4 Å². The van der Waals surface area contributed by atoms with Gasteiger partial charge in [0.05, 0.1) is 36.0 Å². The average Bonchev–Trinajstić information content (AvgIpc) is 2.84. The standard InChI is InChI=1S/C24H25ClFN5O3.2ClH/c25-18-3-1-4-19(23(18)26)30-24-17-13-16(5-6-22(27)32)21(14-20(17)28-15-29-24)34-10-2-7-31-8-11-33-12-9-31;;/h1,3-6,13-15H,2,7-12H2,(H2,27,32)(H,28,29,30);2*1H. The fraction of sp³-hybridized carbons (Fsp3) is 0.292. The van der Waals surface area contributed by atoms with Crippen LogP contribution in [-0.2, 0) is 9.53 Å². The van der Waals surface area contributed by atoms with Gasteiger partial charge >= 0.3 is 0 Å². The fourth-order valence-corrected chi connectivity index (χ4v) is 3.82. The number of fused-ring (bicyclic) bond motifs is 1. The topological polar surface area (TPSA) is 103 Å². The van der Waals surface area contributed by atoms with Gasteiger partial charge in [-0.2, -0.15) is 0 Å². The molecule has 3 aromatic rings. The summed E-state index contributed by atoms with van der Waals surface area (Å²) in [5.74, 6) is -0.212. The quantitative estimate of drug-likeness (QED) is 0.292. The first kappa shape index (κ1) is 29.5. The van der Waals surface area contributed by atoms with Crippen LogP contribution in [0.4, 0.5) is 15.9 Å². The molecule has 1 amide bonds. The maximum atomic E-state index is 14.4. The molecule has 8 nitrogen and oxygen atoms in total. The molecule has 1 saturated heterocycles. The van der Waals surface area contributed by atoms with Gasteiger partial charge in [0.25, 0.3) is 0 Å². The molecule has 4 rings (SSSR count). The minimum atomic E-state index is -0.581. The Labute approximate surface area is 225 Å². The van der Waals surface area contributed by atoms with E-state index in [9.17, 15) is 9.18 Å². The van der Waals surface area contributed by atoms with Gasteiger partial charge in [0, 0.05) is 42.7 Å². The number of nitrogens with one attached hydrogen (secondary N) is 1. The largest absolute Gasteiger partial charge is 0.493 e. The van der Waals surface area contributed by atoms with E-state index in [1.165, 1.54) is 18.5 Å². The van der Waals surface area contributed by atoms with Crippen molar-refractivity contribution in [3.63, 3.8) is 0 Å². The lowest BCUT2D eigenvalue weighted by Gasteiger charge is -2.26. The molecule has 0 bridgehead atoms. The third kappa shape index (κ3) is 7.65. The van der Waals surface area contributed by atoms with Crippen LogP contribution in [0.3, 0.4) is 0 Å². The van der Waals surface area contributed by atoms with Gasteiger partial charge in [-0.3, -0.25) is 9.69 Å². The first-order chi connectivity index (χ1) is 16.5. The van der Waals surface area contributed by atoms with Crippen molar-refractivity contribution in [2.75, 3.05) is 44.8 Å². The number of carbonyl (C=O) groups excluding carboxylic acids is 1. The Morgan fingerprint density at radius 3 is 2.78 bits per heavy atom. The average molecular weight is 559 g/mol. The minimum Gasteiger partial charge on any atom is -0.493 e. The number of rotatable bonds is 9. The second kappa shape index (κ2) is 14.2. The smallest absolute Gasteiger partial charge is 0.241 e. The van der Waals surface area contributed by atoms with Crippen molar-refractivity contribution in [3.05, 3.63) is 59.1 Å². The van der Waals surface area contributed by atoms with Gasteiger partial charge in [-0.05, 0) is 30.7 Å². The molecule has 12 heteroatoms. The van der Waals surface area contributed by atoms with Crippen molar-refractivity contribution in [1.29, 1.82) is 0 Å². The van der Waals surface area contributed by atoms with Crippen LogP contribution < -0.4 is 15.8 Å². The maximum Gasteiger partial charge on any atom is 0.241 e. The third-order valence-electron chi connectivity index (χ3n) is 5.38. The number of amides is 1. The number of hydrogen-bond donors (Lipinski definition) is 2. The van der Waals surface area contributed by atoms with Gasteiger partial charge in [0.15, 0.2) is 5.82 Å². The first-order valence-electron chi connectivity index (χ1n) is 10.9. The predicted molar refractivity (Wildman–Crippen MR) is 144 cm³/mol. The minimum absolute atomic E-state index is 0. The number of morpholine rings is 1. The van der Waals surface area contributed by atoms with E-state index in [1.807, 2.05) is 0 Å². The lowest BCUT2D eigenvalue weighted by atomic mass is 10.1. The highest BCUT2D eigenvalue weighted by Crippen LogP contribution is 2.32. The van der Waals surface area contributed by atoms with Crippen LogP contribution in [0.25, 0.3) is 17.0 Å². The molecule has 194 valence electrons. The van der Waals surface area contributed by atoms with Crippen LogP contribution in [0.15, 0.2) is 42.7 Å². The summed E-state index contributed by atoms with van der Waals surface area (Å²) in [5.41, 5.74) is 6.71. The molecule has 1 aromatic heterocycles. The van der Waals surface area contributed by atoms with Crippen LogP contribution in [0.2, 0.25) is 5.02 Å². The number of primary amides is 1. The van der Waals surface area contributed by atoms with E-state index >= 15 is 0 Å². The van der Waals surface area contributed by atoms with Gasteiger partial charge in [-0.15, -0.1) is 24.8 Å². The monoisotopic (exact) mass is 557 g/mol. The summed E-state index contributed by atoms with van der Waals surface area (Å²) < 4.78 is 25.8. The molecule has 1 aliphatic rings. The summed E-state index contributed by atoms with van der Waals surface area (Å²) in [4.78, 5) is 22.3. The summed E-state index contributed by atoms with van der Waals surface area (Å²) in [6.07, 6.45) is 5.06. The SMILES string of the molecule is Cl.Cl.NC(=O)C=Cc1cc2c(Nc3cccc(Cl)c3F)ncnc2cc1OCCCN1CCOCC1. The number of nitrogens with zero attached hydrogens (tertiary/aromatic N) is 3. The zero-order valence-corrected chi connectivity index (χ0v) is 21.7. The Kier molecular flexibility index (Phi) is 11.6. The number of anilines is 2. The summed E-state index contributed by atoms with van der Waals surface area (Å²) >= 11 is 5.90. The molecule has 0 aliphatic carbocycles. The number of halogens is 4. The summed E-state index contributed by atoms with van der Waals surface area (Å²) in [6.45, 7) is 4.74. The number of carbonyl (C=O) groups is 1. The van der Waals surface area contributed by atoms with Crippen molar-refractivity contribution in [3.8, 4) is 5.75 Å². The molecule has 3 N–H and O–H groups in total. The Bertz CT molecular complexity index is 1210. The molecule has 0 saturated carbocycles. The van der Waals surface area contributed by atoms with Gasteiger partial charge in [0.2, 0.25) is 5.91 Å². The predicted octanol–water partition coefficient (Wildman–Crippen LogP) is 4.61. The number of ether oxygens (including phenoxy) is 2. The van der Waals surface area contributed by atoms with Gasteiger partial charge < -0.3 is 20.5 Å². The van der Waals surface area contributed by atoms with Crippen molar-refractivity contribution in [1.82, 2.24) is 14.9 Å². The lowest BCUT2D eigenvalue weighted by molar-refractivity contribution is -0.113. The summed E-state index contributed by atoms with van der Waals surface area (Å²) in [5, 5.41) is 3.59. The number of hydrogen-bond acceptors (Lipinski definition) is 7. The van der Waals surface area contributed by atoms with Gasteiger partial charge in [-0.25, -0.2) is 14.4 Å². The van der Waals surface area contributed by atoms with E-state index in [0.717, 1.165) is 39.3 Å². The highest BCUT2D eigenvalue weighted by atomic mass is 35.5. The summed E-state index contributed by atoms with van der Waals surface area (Å²) in [6, 6.07) is 8.22. The molecular weight excluding hydrogens is 532 g/mol. The lowest BCUT2D eigenvalue weighted by Crippen LogP contribution is -2.37. The number of aromatic nitrogens is 2. The van der Waals surface area contributed by atoms with E-state index in [1.54, 1.807) is 30.3 Å². The highest BCUT2D eigenvalue weighted by molar-refractivity contribution is 6.31. The molecule has 2 heterocycles. The normalized spacial score (nSPS) is 13.7. The second-order valence-electron chi connectivity index (χ2n) is 7.75. The van der Waals surface area contributed by atoms with Crippen molar-refractivity contribution < 1.29 is 18.7 Å². The van der Waals surface area contributed by atoms with Gasteiger partial charge in [0.1, 0.15) is 17.9 Å². The molecule has 0 unspecified atom stereocenters. The maximum absolute atomic E-state index is 14.4. The van der Waals surface area contributed by atoms with E-state index in [4.69, 9.17) is 26.8 Å². The molecule has 2 aromatic carbocycles. The van der Waals surface area contributed by atoms with Crippen molar-refractivity contribution >= 4 is 70.8 Å². The van der Waals surface area contributed by atoms with Crippen molar-refractivity contribution in [2.45, 2.75) is 6.42 Å². The first-order valence-corrected chi connectivity index (χ1v) is 11.3. The molecule has 0 radical (unpaired) electrons. The Morgan fingerprint density at radius 2 is 2.03 bits per heavy atom. The Morgan fingerprint density at radius 1 is 1.25 bits per heavy atom. The van der Waals surface area contributed by atoms with E-state index in [0.29, 0.717) is 34.6 Å². The molecule has 0 atom stereocenters. The van der Waals surface area contributed by atoms with Crippen LogP contribution in [0.5, 0.6) is 5.75 Å². The van der Waals surface area contributed by atoms with E-state index < -0.39 is 11.7 Å². The Balaban J connectivity index is 0.00000228. The molecule has 1 aliphatic heterocycles. The zero-order chi connectivity index (χ0) is 23.9. The van der Waals surface area contributed by atoms with Crippen LogP contribution in [0, 0.1) is 5.82 Å². The van der Waals surface area contributed by atoms with E-state index in [2.05, 4.69) is 20.2 Å². The second-order valence-corrected chi connectivity index (χ2v) is 8.15. The van der Waals surface area contributed by atoms with Crippen molar-refractivity contribution in [2.24, 2.45) is 5.73 Å². The molecular formula is C24H27Cl3FN5O3. The number of benzene rings is 2. The third-order valence-corrected chi connectivity index (χ3v) is 5.67. The molecule has 1 fully saturated rings. The fourth-order valence-electron chi connectivity index (χ4n) is 3.65. The number of nitrogens with two attached hydrogens (primary N) is 1. The highest BCUT2D eigenvalue weighted by Gasteiger charge is 2.14.